The first-order valence-corrected chi connectivity index (χ1v) is 6.55. The van der Waals surface area contributed by atoms with Gasteiger partial charge in [-0.25, -0.2) is 14.4 Å². The van der Waals surface area contributed by atoms with E-state index in [1.54, 1.807) is 6.07 Å². The molecule has 2 rings (SSSR count). The minimum Gasteiger partial charge on any atom is -0.494 e. The second-order valence-corrected chi connectivity index (χ2v) is 4.49. The molecule has 2 N–H and O–H groups in total. The SMILES string of the molecule is CCC(CCO)Nc1ncnc2cc(F)c(OC)cc12. The predicted molar refractivity (Wildman–Crippen MR) is 75.5 cm³/mol. The molecule has 0 aliphatic carbocycles. The number of ether oxygens (including phenoxy) is 1. The van der Waals surface area contributed by atoms with Gasteiger partial charge >= 0.3 is 0 Å². The molecule has 0 aliphatic rings. The lowest BCUT2D eigenvalue weighted by atomic mass is 10.1. The van der Waals surface area contributed by atoms with Crippen LogP contribution in [-0.2, 0) is 0 Å². The maximum Gasteiger partial charge on any atom is 0.167 e. The Balaban J connectivity index is 2.42. The fourth-order valence-corrected chi connectivity index (χ4v) is 2.06. The van der Waals surface area contributed by atoms with Crippen molar-refractivity contribution in [2.75, 3.05) is 19.0 Å². The smallest absolute Gasteiger partial charge is 0.167 e. The second kappa shape index (κ2) is 6.47. The zero-order valence-corrected chi connectivity index (χ0v) is 11.6. The number of halogens is 1. The Labute approximate surface area is 116 Å². The van der Waals surface area contributed by atoms with Crippen LogP contribution in [0.25, 0.3) is 10.9 Å². The summed E-state index contributed by atoms with van der Waals surface area (Å²) in [7, 11) is 1.42. The summed E-state index contributed by atoms with van der Waals surface area (Å²) < 4.78 is 18.7. The summed E-state index contributed by atoms with van der Waals surface area (Å²) in [4.78, 5) is 8.26. The Morgan fingerprint density at radius 3 is 2.85 bits per heavy atom. The van der Waals surface area contributed by atoms with E-state index in [1.165, 1.54) is 19.5 Å². The van der Waals surface area contributed by atoms with Crippen LogP contribution in [0.1, 0.15) is 19.8 Å². The molecule has 0 spiro atoms. The molecule has 0 saturated carbocycles. The number of aliphatic hydroxyl groups is 1. The summed E-state index contributed by atoms with van der Waals surface area (Å²) in [5.74, 6) is 0.325. The summed E-state index contributed by atoms with van der Waals surface area (Å²) in [5.41, 5.74) is 0.514. The molecular formula is C14H18FN3O2. The van der Waals surface area contributed by atoms with E-state index < -0.39 is 5.82 Å². The molecule has 108 valence electrons. The maximum absolute atomic E-state index is 13.7. The number of rotatable bonds is 6. The van der Waals surface area contributed by atoms with Crippen LogP contribution in [0.5, 0.6) is 5.75 Å². The van der Waals surface area contributed by atoms with Crippen LogP contribution in [0.4, 0.5) is 10.2 Å². The fraction of sp³-hybridized carbons (Fsp3) is 0.429. The van der Waals surface area contributed by atoms with E-state index in [1.807, 2.05) is 6.92 Å². The quantitative estimate of drug-likeness (QED) is 0.849. The molecule has 1 heterocycles. The molecule has 1 atom stereocenters. The summed E-state index contributed by atoms with van der Waals surface area (Å²) in [6, 6.07) is 3.02. The zero-order valence-electron chi connectivity index (χ0n) is 11.6. The molecular weight excluding hydrogens is 261 g/mol. The number of fused-ring (bicyclic) bond motifs is 1. The van der Waals surface area contributed by atoms with Crippen LogP contribution in [0, 0.1) is 5.82 Å². The van der Waals surface area contributed by atoms with E-state index in [4.69, 9.17) is 9.84 Å². The van der Waals surface area contributed by atoms with Crippen molar-refractivity contribution in [2.24, 2.45) is 0 Å². The largest absolute Gasteiger partial charge is 0.494 e. The van der Waals surface area contributed by atoms with E-state index in [0.29, 0.717) is 23.1 Å². The van der Waals surface area contributed by atoms with Crippen LogP contribution in [0.15, 0.2) is 18.5 Å². The Morgan fingerprint density at radius 2 is 2.20 bits per heavy atom. The first-order chi connectivity index (χ1) is 9.69. The molecule has 1 unspecified atom stereocenters. The van der Waals surface area contributed by atoms with Gasteiger partial charge in [-0.1, -0.05) is 6.92 Å². The summed E-state index contributed by atoms with van der Waals surface area (Å²) in [6.07, 6.45) is 2.87. The zero-order chi connectivity index (χ0) is 14.5. The van der Waals surface area contributed by atoms with Crippen molar-refractivity contribution >= 4 is 16.7 Å². The number of benzene rings is 1. The van der Waals surface area contributed by atoms with E-state index in [9.17, 15) is 4.39 Å². The molecule has 20 heavy (non-hydrogen) atoms. The van der Waals surface area contributed by atoms with E-state index in [-0.39, 0.29) is 18.4 Å². The number of nitrogens with zero attached hydrogens (tertiary/aromatic N) is 2. The van der Waals surface area contributed by atoms with Gasteiger partial charge in [0.25, 0.3) is 0 Å². The molecule has 2 aromatic rings. The van der Waals surface area contributed by atoms with Gasteiger partial charge in [-0.2, -0.15) is 0 Å². The summed E-state index contributed by atoms with van der Waals surface area (Å²) in [5, 5.41) is 13.0. The normalized spacial score (nSPS) is 12.4. The van der Waals surface area contributed by atoms with Crippen molar-refractivity contribution in [2.45, 2.75) is 25.8 Å². The molecule has 1 aromatic heterocycles. The van der Waals surface area contributed by atoms with Crippen LogP contribution in [-0.4, -0.2) is 34.8 Å². The highest BCUT2D eigenvalue weighted by Crippen LogP contribution is 2.27. The lowest BCUT2D eigenvalue weighted by Crippen LogP contribution is -2.20. The number of methoxy groups -OCH3 is 1. The van der Waals surface area contributed by atoms with Crippen LogP contribution >= 0.6 is 0 Å². The van der Waals surface area contributed by atoms with Crippen molar-refractivity contribution in [3.63, 3.8) is 0 Å². The van der Waals surface area contributed by atoms with Crippen molar-refractivity contribution < 1.29 is 14.2 Å². The Kier molecular flexibility index (Phi) is 4.68. The summed E-state index contributed by atoms with van der Waals surface area (Å²) >= 11 is 0. The average Bonchev–Trinajstić information content (AvgIpc) is 2.46. The number of nitrogens with one attached hydrogen (secondary N) is 1. The molecule has 5 nitrogen and oxygen atoms in total. The number of hydrogen-bond donors (Lipinski definition) is 2. The molecule has 0 fully saturated rings. The van der Waals surface area contributed by atoms with Crippen molar-refractivity contribution in [3.05, 3.63) is 24.3 Å². The third-order valence-corrected chi connectivity index (χ3v) is 3.22. The predicted octanol–water partition coefficient (Wildman–Crippen LogP) is 2.35. The Hall–Kier alpha value is -1.95. The standard InChI is InChI=1S/C14H18FN3O2/c1-3-9(4-5-19)18-14-10-6-13(20-2)11(15)7-12(10)16-8-17-14/h6-9,19H,3-5H2,1-2H3,(H,16,17,18). The molecule has 0 aliphatic heterocycles. The highest BCUT2D eigenvalue weighted by molar-refractivity contribution is 5.90. The van der Waals surface area contributed by atoms with Crippen molar-refractivity contribution in [1.29, 1.82) is 0 Å². The average molecular weight is 279 g/mol. The highest BCUT2D eigenvalue weighted by atomic mass is 19.1. The van der Waals surface area contributed by atoms with Gasteiger partial charge in [0.2, 0.25) is 0 Å². The van der Waals surface area contributed by atoms with Gasteiger partial charge in [-0.15, -0.1) is 0 Å². The van der Waals surface area contributed by atoms with Gasteiger partial charge in [0.05, 0.1) is 12.6 Å². The number of aromatic nitrogens is 2. The van der Waals surface area contributed by atoms with Gasteiger partial charge in [0, 0.05) is 24.1 Å². The molecule has 1 aromatic carbocycles. The van der Waals surface area contributed by atoms with Crippen LogP contribution < -0.4 is 10.1 Å². The topological polar surface area (TPSA) is 67.3 Å². The molecule has 0 amide bonds. The van der Waals surface area contributed by atoms with E-state index in [2.05, 4.69) is 15.3 Å². The Bertz CT molecular complexity index is 592. The Morgan fingerprint density at radius 1 is 1.40 bits per heavy atom. The lowest BCUT2D eigenvalue weighted by Gasteiger charge is -2.17. The third kappa shape index (κ3) is 2.96. The van der Waals surface area contributed by atoms with Crippen molar-refractivity contribution in [1.82, 2.24) is 9.97 Å². The number of anilines is 1. The van der Waals surface area contributed by atoms with E-state index >= 15 is 0 Å². The minimum absolute atomic E-state index is 0.104. The molecule has 0 bridgehead atoms. The molecule has 6 heteroatoms. The minimum atomic E-state index is -0.452. The first-order valence-electron chi connectivity index (χ1n) is 6.55. The first kappa shape index (κ1) is 14.5. The van der Waals surface area contributed by atoms with Gasteiger partial charge in [0.15, 0.2) is 11.6 Å². The maximum atomic E-state index is 13.7. The highest BCUT2D eigenvalue weighted by Gasteiger charge is 2.12. The van der Waals surface area contributed by atoms with Crippen LogP contribution in [0.2, 0.25) is 0 Å². The van der Waals surface area contributed by atoms with Crippen LogP contribution in [0.3, 0.4) is 0 Å². The van der Waals surface area contributed by atoms with Gasteiger partial charge in [-0.3, -0.25) is 0 Å². The fourth-order valence-electron chi connectivity index (χ4n) is 2.06. The molecule has 0 radical (unpaired) electrons. The number of hydrogen-bond acceptors (Lipinski definition) is 5. The lowest BCUT2D eigenvalue weighted by molar-refractivity contribution is 0.278. The third-order valence-electron chi connectivity index (χ3n) is 3.22. The van der Waals surface area contributed by atoms with Gasteiger partial charge < -0.3 is 15.2 Å². The molecule has 0 saturated heterocycles. The number of aliphatic hydroxyl groups excluding tert-OH is 1. The monoisotopic (exact) mass is 279 g/mol. The van der Waals surface area contributed by atoms with E-state index in [0.717, 1.165) is 6.42 Å². The van der Waals surface area contributed by atoms with Crippen molar-refractivity contribution in [3.8, 4) is 5.75 Å². The van der Waals surface area contributed by atoms with Gasteiger partial charge in [0.1, 0.15) is 12.1 Å². The van der Waals surface area contributed by atoms with Gasteiger partial charge in [-0.05, 0) is 18.9 Å². The summed E-state index contributed by atoms with van der Waals surface area (Å²) in [6.45, 7) is 2.13. The second-order valence-electron chi connectivity index (χ2n) is 4.49.